The molecule has 0 aliphatic rings. The fourth-order valence-corrected chi connectivity index (χ4v) is 1.72. The van der Waals surface area contributed by atoms with E-state index in [0.29, 0.717) is 18.9 Å². The molecule has 0 aromatic carbocycles. The van der Waals surface area contributed by atoms with Crippen molar-refractivity contribution >= 4 is 11.9 Å². The molecule has 1 atom stereocenters. The first-order valence-electron chi connectivity index (χ1n) is 6.02. The molecule has 1 unspecified atom stereocenters. The lowest BCUT2D eigenvalue weighted by Gasteiger charge is -2.21. The second-order valence-corrected chi connectivity index (χ2v) is 4.89. The van der Waals surface area contributed by atoms with Gasteiger partial charge in [0.05, 0.1) is 6.42 Å². The molecular formula is C12H24N2O3. The molecule has 100 valence electrons. The summed E-state index contributed by atoms with van der Waals surface area (Å²) in [6.45, 7) is 4.95. The number of carbonyl (C=O) groups is 2. The topological polar surface area (TPSA) is 83.6 Å². The Bertz CT molecular complexity index is 254. The van der Waals surface area contributed by atoms with Crippen LogP contribution in [0.4, 0.5) is 0 Å². The lowest BCUT2D eigenvalue weighted by molar-refractivity contribution is -0.138. The minimum absolute atomic E-state index is 0.0142. The largest absolute Gasteiger partial charge is 0.481 e. The molecule has 0 spiro atoms. The Morgan fingerprint density at radius 3 is 2.35 bits per heavy atom. The molecule has 0 fully saturated rings. The van der Waals surface area contributed by atoms with Gasteiger partial charge in [-0.25, -0.2) is 0 Å². The predicted octanol–water partition coefficient (Wildman–Crippen LogP) is 0.931. The number of nitrogens with two attached hydrogens (primary N) is 1. The van der Waals surface area contributed by atoms with Gasteiger partial charge in [0.2, 0.25) is 5.91 Å². The summed E-state index contributed by atoms with van der Waals surface area (Å²) in [5, 5.41) is 8.53. The van der Waals surface area contributed by atoms with Gasteiger partial charge in [0, 0.05) is 20.0 Å². The van der Waals surface area contributed by atoms with Crippen molar-refractivity contribution in [3.05, 3.63) is 0 Å². The summed E-state index contributed by atoms with van der Waals surface area (Å²) in [7, 11) is 1.63. The van der Waals surface area contributed by atoms with E-state index in [1.54, 1.807) is 7.05 Å². The zero-order chi connectivity index (χ0) is 13.4. The van der Waals surface area contributed by atoms with Crippen LogP contribution in [0, 0.1) is 11.8 Å². The quantitative estimate of drug-likeness (QED) is 0.665. The van der Waals surface area contributed by atoms with Crippen molar-refractivity contribution in [2.45, 2.75) is 33.1 Å². The first kappa shape index (κ1) is 15.9. The molecule has 5 heteroatoms. The number of hydrogen-bond donors (Lipinski definition) is 2. The van der Waals surface area contributed by atoms with Crippen LogP contribution < -0.4 is 5.73 Å². The lowest BCUT2D eigenvalue weighted by atomic mass is 9.94. The molecule has 0 heterocycles. The average molecular weight is 244 g/mol. The maximum atomic E-state index is 11.8. The van der Waals surface area contributed by atoms with Crippen molar-refractivity contribution in [1.82, 2.24) is 4.90 Å². The third kappa shape index (κ3) is 7.74. The van der Waals surface area contributed by atoms with Crippen LogP contribution in [0.5, 0.6) is 0 Å². The molecule has 0 bridgehead atoms. The van der Waals surface area contributed by atoms with Crippen LogP contribution in [0.15, 0.2) is 0 Å². The molecule has 0 aliphatic heterocycles. The first-order valence-corrected chi connectivity index (χ1v) is 6.02. The third-order valence-electron chi connectivity index (χ3n) is 2.69. The van der Waals surface area contributed by atoms with Gasteiger partial charge in [0.15, 0.2) is 0 Å². The highest BCUT2D eigenvalue weighted by Crippen LogP contribution is 2.15. The summed E-state index contributed by atoms with van der Waals surface area (Å²) in [6.07, 6.45) is 1.32. The second-order valence-electron chi connectivity index (χ2n) is 4.89. The zero-order valence-electron chi connectivity index (χ0n) is 11.0. The van der Waals surface area contributed by atoms with Crippen molar-refractivity contribution in [2.75, 3.05) is 20.1 Å². The van der Waals surface area contributed by atoms with Crippen LogP contribution in [-0.2, 0) is 9.59 Å². The molecule has 0 aromatic rings. The summed E-state index contributed by atoms with van der Waals surface area (Å²) < 4.78 is 0. The maximum absolute atomic E-state index is 11.8. The Kier molecular flexibility index (Phi) is 7.54. The maximum Gasteiger partial charge on any atom is 0.305 e. The summed E-state index contributed by atoms with van der Waals surface area (Å²) in [4.78, 5) is 23.6. The van der Waals surface area contributed by atoms with Gasteiger partial charge in [0.1, 0.15) is 0 Å². The highest BCUT2D eigenvalue weighted by atomic mass is 16.4. The smallest absolute Gasteiger partial charge is 0.305 e. The normalized spacial score (nSPS) is 12.5. The van der Waals surface area contributed by atoms with Gasteiger partial charge in [-0.2, -0.15) is 0 Å². The number of carboxylic acid groups (broad SMARTS) is 1. The van der Waals surface area contributed by atoms with Gasteiger partial charge in [-0.05, 0) is 24.8 Å². The molecular weight excluding hydrogens is 220 g/mol. The fourth-order valence-electron chi connectivity index (χ4n) is 1.72. The van der Waals surface area contributed by atoms with E-state index in [-0.39, 0.29) is 24.8 Å². The van der Waals surface area contributed by atoms with E-state index in [1.165, 1.54) is 4.90 Å². The van der Waals surface area contributed by atoms with Gasteiger partial charge in [-0.3, -0.25) is 9.59 Å². The molecule has 1 amide bonds. The Hall–Kier alpha value is -1.10. The fraction of sp³-hybridized carbons (Fsp3) is 0.833. The van der Waals surface area contributed by atoms with E-state index in [1.807, 2.05) is 0 Å². The zero-order valence-corrected chi connectivity index (χ0v) is 11.0. The van der Waals surface area contributed by atoms with E-state index in [0.717, 1.165) is 6.42 Å². The minimum Gasteiger partial charge on any atom is -0.481 e. The minimum atomic E-state index is -0.887. The SMILES string of the molecule is CC(C)CC(CN)CC(=O)N(C)CCC(=O)O. The summed E-state index contributed by atoms with van der Waals surface area (Å²) in [6, 6.07) is 0. The molecule has 0 radical (unpaired) electrons. The Morgan fingerprint density at radius 2 is 1.94 bits per heavy atom. The predicted molar refractivity (Wildman–Crippen MR) is 66.5 cm³/mol. The summed E-state index contributed by atoms with van der Waals surface area (Å²) in [5.41, 5.74) is 5.63. The third-order valence-corrected chi connectivity index (χ3v) is 2.69. The Labute approximate surface area is 103 Å². The van der Waals surface area contributed by atoms with Gasteiger partial charge in [0.25, 0.3) is 0 Å². The van der Waals surface area contributed by atoms with E-state index < -0.39 is 5.97 Å². The van der Waals surface area contributed by atoms with Crippen molar-refractivity contribution in [2.24, 2.45) is 17.6 Å². The van der Waals surface area contributed by atoms with Gasteiger partial charge in [-0.1, -0.05) is 13.8 Å². The number of carboxylic acids is 1. The number of hydrogen-bond acceptors (Lipinski definition) is 3. The standard InChI is InChI=1S/C12H24N2O3/c1-9(2)6-10(8-13)7-11(15)14(3)5-4-12(16)17/h9-10H,4-8,13H2,1-3H3,(H,16,17). The van der Waals surface area contributed by atoms with E-state index in [2.05, 4.69) is 13.8 Å². The number of rotatable bonds is 8. The molecule has 0 aliphatic carbocycles. The Balaban J connectivity index is 4.07. The number of aliphatic carboxylic acids is 1. The number of amides is 1. The van der Waals surface area contributed by atoms with Crippen LogP contribution in [0.3, 0.4) is 0 Å². The van der Waals surface area contributed by atoms with Gasteiger partial charge >= 0.3 is 5.97 Å². The van der Waals surface area contributed by atoms with Crippen LogP contribution in [0.2, 0.25) is 0 Å². The molecule has 0 saturated carbocycles. The number of nitrogens with zero attached hydrogens (tertiary/aromatic N) is 1. The Morgan fingerprint density at radius 1 is 1.35 bits per heavy atom. The number of carbonyl (C=O) groups excluding carboxylic acids is 1. The van der Waals surface area contributed by atoms with Crippen LogP contribution >= 0.6 is 0 Å². The molecule has 0 aromatic heterocycles. The molecule has 0 saturated heterocycles. The van der Waals surface area contributed by atoms with E-state index in [4.69, 9.17) is 10.8 Å². The van der Waals surface area contributed by atoms with Gasteiger partial charge in [-0.15, -0.1) is 0 Å². The molecule has 0 rings (SSSR count). The van der Waals surface area contributed by atoms with Crippen LogP contribution in [0.25, 0.3) is 0 Å². The highest BCUT2D eigenvalue weighted by Gasteiger charge is 2.17. The molecule has 5 nitrogen and oxygen atoms in total. The van der Waals surface area contributed by atoms with Crippen LogP contribution in [-0.4, -0.2) is 42.0 Å². The monoisotopic (exact) mass is 244 g/mol. The van der Waals surface area contributed by atoms with Crippen molar-refractivity contribution in [3.63, 3.8) is 0 Å². The second kappa shape index (κ2) is 8.06. The van der Waals surface area contributed by atoms with Crippen LogP contribution in [0.1, 0.15) is 33.1 Å². The summed E-state index contributed by atoms with van der Waals surface area (Å²) >= 11 is 0. The van der Waals surface area contributed by atoms with E-state index in [9.17, 15) is 9.59 Å². The molecule has 17 heavy (non-hydrogen) atoms. The van der Waals surface area contributed by atoms with Gasteiger partial charge < -0.3 is 15.7 Å². The first-order chi connectivity index (χ1) is 7.86. The van der Waals surface area contributed by atoms with Crippen molar-refractivity contribution in [1.29, 1.82) is 0 Å². The molecule has 3 N–H and O–H groups in total. The van der Waals surface area contributed by atoms with Crippen molar-refractivity contribution in [3.8, 4) is 0 Å². The lowest BCUT2D eigenvalue weighted by Crippen LogP contribution is -2.32. The van der Waals surface area contributed by atoms with Crippen molar-refractivity contribution < 1.29 is 14.7 Å². The highest BCUT2D eigenvalue weighted by molar-refractivity contribution is 5.77. The van der Waals surface area contributed by atoms with E-state index >= 15 is 0 Å². The average Bonchev–Trinajstić information content (AvgIpc) is 2.23. The summed E-state index contributed by atoms with van der Waals surface area (Å²) in [5.74, 6) is -0.208.